The van der Waals surface area contributed by atoms with Gasteiger partial charge in [0, 0.05) is 22.8 Å². The molecule has 4 heteroatoms. The molecule has 1 heterocycles. The number of hydrogen-bond acceptors (Lipinski definition) is 2. The first-order valence-corrected chi connectivity index (χ1v) is 9.10. The number of anilines is 1. The lowest BCUT2D eigenvalue weighted by Crippen LogP contribution is -2.20. The quantitative estimate of drug-likeness (QED) is 0.671. The standard InChI is InChI=1S/C22H26N2O2/c1-5-26-18-9-10-20-17(13-18)11-12-24(20)14-21(25)23-22-16(4)7-6-8-19(22)15(2)3/h6-13,15H,5,14H2,1-4H3,(H,23,25). The molecule has 0 unspecified atom stereocenters. The Morgan fingerprint density at radius 3 is 2.73 bits per heavy atom. The Kier molecular flexibility index (Phi) is 5.31. The molecule has 136 valence electrons. The number of carbonyl (C=O) groups is 1. The summed E-state index contributed by atoms with van der Waals surface area (Å²) in [6, 6.07) is 14.1. The molecule has 0 aliphatic rings. The van der Waals surface area contributed by atoms with E-state index in [4.69, 9.17) is 4.74 Å². The van der Waals surface area contributed by atoms with Crippen molar-refractivity contribution < 1.29 is 9.53 Å². The highest BCUT2D eigenvalue weighted by molar-refractivity contribution is 5.93. The highest BCUT2D eigenvalue weighted by Crippen LogP contribution is 2.28. The van der Waals surface area contributed by atoms with E-state index in [0.717, 1.165) is 33.5 Å². The lowest BCUT2D eigenvalue weighted by Gasteiger charge is -2.17. The van der Waals surface area contributed by atoms with Crippen LogP contribution in [0.2, 0.25) is 0 Å². The molecule has 0 atom stereocenters. The van der Waals surface area contributed by atoms with Crippen molar-refractivity contribution in [3.63, 3.8) is 0 Å². The van der Waals surface area contributed by atoms with E-state index in [1.807, 2.05) is 61.0 Å². The van der Waals surface area contributed by atoms with Crippen LogP contribution in [0.3, 0.4) is 0 Å². The third kappa shape index (κ3) is 3.74. The van der Waals surface area contributed by atoms with Crippen molar-refractivity contribution in [1.29, 1.82) is 0 Å². The predicted octanol–water partition coefficient (Wildman–Crippen LogP) is 5.11. The molecule has 26 heavy (non-hydrogen) atoms. The van der Waals surface area contributed by atoms with E-state index in [2.05, 4.69) is 25.2 Å². The van der Waals surface area contributed by atoms with Crippen LogP contribution in [0.25, 0.3) is 10.9 Å². The van der Waals surface area contributed by atoms with Crippen LogP contribution >= 0.6 is 0 Å². The van der Waals surface area contributed by atoms with Crippen LogP contribution in [0.1, 0.15) is 37.8 Å². The Labute approximate surface area is 154 Å². The molecule has 0 bridgehead atoms. The molecule has 0 spiro atoms. The van der Waals surface area contributed by atoms with Crippen molar-refractivity contribution in [2.24, 2.45) is 0 Å². The largest absolute Gasteiger partial charge is 0.494 e. The Morgan fingerprint density at radius 2 is 2.00 bits per heavy atom. The van der Waals surface area contributed by atoms with Crippen molar-refractivity contribution in [3.8, 4) is 5.75 Å². The molecule has 1 N–H and O–H groups in total. The molecule has 1 amide bonds. The Balaban J connectivity index is 1.80. The second-order valence-electron chi connectivity index (χ2n) is 6.84. The van der Waals surface area contributed by atoms with Gasteiger partial charge in [0.05, 0.1) is 6.61 Å². The monoisotopic (exact) mass is 350 g/mol. The highest BCUT2D eigenvalue weighted by atomic mass is 16.5. The molecule has 4 nitrogen and oxygen atoms in total. The van der Waals surface area contributed by atoms with Crippen LogP contribution in [-0.4, -0.2) is 17.1 Å². The van der Waals surface area contributed by atoms with Crippen molar-refractivity contribution in [1.82, 2.24) is 4.57 Å². The molecule has 2 aromatic carbocycles. The number of para-hydroxylation sites is 1. The molecule has 3 aromatic rings. The number of carbonyl (C=O) groups excluding carboxylic acids is 1. The molecule has 1 aromatic heterocycles. The first kappa shape index (κ1) is 18.1. The van der Waals surface area contributed by atoms with Crippen LogP contribution in [0.15, 0.2) is 48.7 Å². The molecule has 0 fully saturated rings. The fourth-order valence-electron chi connectivity index (χ4n) is 3.25. The van der Waals surface area contributed by atoms with Crippen molar-refractivity contribution in [2.75, 3.05) is 11.9 Å². The highest BCUT2D eigenvalue weighted by Gasteiger charge is 2.13. The van der Waals surface area contributed by atoms with Crippen molar-refractivity contribution in [2.45, 2.75) is 40.2 Å². The molecule has 0 saturated carbocycles. The Hall–Kier alpha value is -2.75. The minimum absolute atomic E-state index is 0.0208. The summed E-state index contributed by atoms with van der Waals surface area (Å²) in [4.78, 5) is 12.7. The van der Waals surface area contributed by atoms with Gasteiger partial charge in [0.1, 0.15) is 12.3 Å². The summed E-state index contributed by atoms with van der Waals surface area (Å²) < 4.78 is 7.51. The van der Waals surface area contributed by atoms with Crippen LogP contribution < -0.4 is 10.1 Å². The van der Waals surface area contributed by atoms with Crippen molar-refractivity contribution in [3.05, 3.63) is 59.8 Å². The zero-order valence-corrected chi connectivity index (χ0v) is 15.9. The Morgan fingerprint density at radius 1 is 1.19 bits per heavy atom. The van der Waals surface area contributed by atoms with E-state index in [1.165, 1.54) is 0 Å². The van der Waals surface area contributed by atoms with Gasteiger partial charge in [-0.15, -0.1) is 0 Å². The molecular formula is C22H26N2O2. The summed E-state index contributed by atoms with van der Waals surface area (Å²) in [6.07, 6.45) is 1.95. The summed E-state index contributed by atoms with van der Waals surface area (Å²) in [6.45, 7) is 9.20. The van der Waals surface area contributed by atoms with E-state index in [-0.39, 0.29) is 12.5 Å². The summed E-state index contributed by atoms with van der Waals surface area (Å²) in [5.41, 5.74) is 4.21. The number of aryl methyl sites for hydroxylation is 1. The second kappa shape index (κ2) is 7.65. The maximum atomic E-state index is 12.7. The number of ether oxygens (including phenoxy) is 1. The first-order valence-electron chi connectivity index (χ1n) is 9.10. The zero-order chi connectivity index (χ0) is 18.7. The third-order valence-corrected chi connectivity index (χ3v) is 4.56. The maximum absolute atomic E-state index is 12.7. The number of aromatic nitrogens is 1. The fourth-order valence-corrected chi connectivity index (χ4v) is 3.25. The van der Waals surface area contributed by atoms with Gasteiger partial charge in [0.2, 0.25) is 5.91 Å². The number of fused-ring (bicyclic) bond motifs is 1. The summed E-state index contributed by atoms with van der Waals surface area (Å²) in [5.74, 6) is 1.19. The van der Waals surface area contributed by atoms with Crippen LogP contribution in [0, 0.1) is 6.92 Å². The minimum atomic E-state index is -0.0208. The molecule has 0 radical (unpaired) electrons. The number of rotatable bonds is 6. The Bertz CT molecular complexity index is 925. The van der Waals surface area contributed by atoms with Gasteiger partial charge in [-0.2, -0.15) is 0 Å². The minimum Gasteiger partial charge on any atom is -0.494 e. The van der Waals surface area contributed by atoms with E-state index in [0.29, 0.717) is 12.5 Å². The zero-order valence-electron chi connectivity index (χ0n) is 15.9. The SMILES string of the molecule is CCOc1ccc2c(ccn2CC(=O)Nc2c(C)cccc2C(C)C)c1. The van der Waals surface area contributed by atoms with Gasteiger partial charge in [-0.3, -0.25) is 4.79 Å². The normalized spacial score (nSPS) is 11.1. The molecule has 0 aliphatic heterocycles. The van der Waals surface area contributed by atoms with E-state index in [1.54, 1.807) is 0 Å². The number of nitrogens with one attached hydrogen (secondary N) is 1. The van der Waals surface area contributed by atoms with E-state index < -0.39 is 0 Å². The number of nitrogens with zero attached hydrogens (tertiary/aromatic N) is 1. The average molecular weight is 350 g/mol. The number of benzene rings is 2. The van der Waals surface area contributed by atoms with Gasteiger partial charge < -0.3 is 14.6 Å². The van der Waals surface area contributed by atoms with Gasteiger partial charge in [0.15, 0.2) is 0 Å². The molecule has 3 rings (SSSR count). The van der Waals surface area contributed by atoms with Crippen LogP contribution in [-0.2, 0) is 11.3 Å². The fraction of sp³-hybridized carbons (Fsp3) is 0.318. The van der Waals surface area contributed by atoms with Gasteiger partial charge >= 0.3 is 0 Å². The lowest BCUT2D eigenvalue weighted by atomic mass is 9.98. The van der Waals surface area contributed by atoms with Crippen LogP contribution in [0.4, 0.5) is 5.69 Å². The predicted molar refractivity (Wildman–Crippen MR) is 107 cm³/mol. The average Bonchev–Trinajstić information content (AvgIpc) is 2.99. The van der Waals surface area contributed by atoms with E-state index >= 15 is 0 Å². The maximum Gasteiger partial charge on any atom is 0.244 e. The van der Waals surface area contributed by atoms with Gasteiger partial charge in [0.25, 0.3) is 0 Å². The molecule has 0 saturated heterocycles. The lowest BCUT2D eigenvalue weighted by molar-refractivity contribution is -0.116. The first-order chi connectivity index (χ1) is 12.5. The van der Waals surface area contributed by atoms with E-state index in [9.17, 15) is 4.79 Å². The number of hydrogen-bond donors (Lipinski definition) is 1. The smallest absolute Gasteiger partial charge is 0.244 e. The molecular weight excluding hydrogens is 324 g/mol. The third-order valence-electron chi connectivity index (χ3n) is 4.56. The summed E-state index contributed by atoms with van der Waals surface area (Å²) in [5, 5.41) is 4.18. The van der Waals surface area contributed by atoms with Gasteiger partial charge in [-0.05, 0) is 55.2 Å². The second-order valence-corrected chi connectivity index (χ2v) is 6.84. The van der Waals surface area contributed by atoms with Crippen molar-refractivity contribution >= 4 is 22.5 Å². The summed E-state index contributed by atoms with van der Waals surface area (Å²) in [7, 11) is 0. The molecule has 0 aliphatic carbocycles. The van der Waals surface area contributed by atoms with Crippen LogP contribution in [0.5, 0.6) is 5.75 Å². The summed E-state index contributed by atoms with van der Waals surface area (Å²) >= 11 is 0. The topological polar surface area (TPSA) is 43.3 Å². The number of amides is 1. The van der Waals surface area contributed by atoms with Gasteiger partial charge in [-0.25, -0.2) is 0 Å². The van der Waals surface area contributed by atoms with Gasteiger partial charge in [-0.1, -0.05) is 32.0 Å².